The van der Waals surface area contributed by atoms with E-state index < -0.39 is 0 Å². The van der Waals surface area contributed by atoms with Gasteiger partial charge < -0.3 is 9.84 Å². The monoisotopic (exact) mass is 599 g/mol. The molecular formula is C37H74O3S. The highest BCUT2D eigenvalue weighted by Crippen LogP contribution is 2.16. The fourth-order valence-corrected chi connectivity index (χ4v) is 6.63. The van der Waals surface area contributed by atoms with E-state index in [4.69, 9.17) is 4.74 Å². The number of rotatable bonds is 35. The normalized spacial score (nSPS) is 12.2. The van der Waals surface area contributed by atoms with Crippen molar-refractivity contribution in [1.29, 1.82) is 0 Å². The second kappa shape index (κ2) is 36.0. The lowest BCUT2D eigenvalue weighted by molar-refractivity contribution is -0.149. The summed E-state index contributed by atoms with van der Waals surface area (Å²) >= 11 is 1.82. The molecule has 246 valence electrons. The highest BCUT2D eigenvalue weighted by molar-refractivity contribution is 7.99. The first-order chi connectivity index (χ1) is 20.2. The molecule has 0 aromatic heterocycles. The molecule has 0 aliphatic heterocycles. The molecule has 0 bridgehead atoms. The lowest BCUT2D eigenvalue weighted by Gasteiger charge is -2.15. The van der Waals surface area contributed by atoms with Crippen LogP contribution in [0.25, 0.3) is 0 Å². The molecule has 0 saturated heterocycles. The van der Waals surface area contributed by atoms with Gasteiger partial charge in [0.15, 0.2) is 0 Å². The predicted molar refractivity (Wildman–Crippen MR) is 184 cm³/mol. The molecular weight excluding hydrogens is 524 g/mol. The van der Waals surface area contributed by atoms with Gasteiger partial charge in [0.05, 0.1) is 6.61 Å². The van der Waals surface area contributed by atoms with Crippen molar-refractivity contribution in [3.8, 4) is 0 Å². The number of carbonyl (C=O) groups is 1. The average molecular weight is 599 g/mol. The van der Waals surface area contributed by atoms with Crippen LogP contribution >= 0.6 is 11.8 Å². The van der Waals surface area contributed by atoms with Gasteiger partial charge in [0.25, 0.3) is 0 Å². The Labute approximate surface area is 262 Å². The van der Waals surface area contributed by atoms with Gasteiger partial charge in [-0.1, -0.05) is 187 Å². The van der Waals surface area contributed by atoms with Gasteiger partial charge in [-0.25, -0.2) is 0 Å². The molecule has 0 aliphatic carbocycles. The van der Waals surface area contributed by atoms with Crippen LogP contribution in [0.4, 0.5) is 0 Å². The minimum absolute atomic E-state index is 0.0592. The molecule has 0 aliphatic rings. The number of aliphatic hydroxyl groups is 1. The van der Waals surface area contributed by atoms with E-state index in [0.29, 0.717) is 6.42 Å². The van der Waals surface area contributed by atoms with Crippen LogP contribution in [0.2, 0.25) is 0 Å². The SMILES string of the molecule is CCCCCCCCCCCCCCCCCCSC[C@@H](CO)OC(=O)CCCCCCCCCCCCCCC. The van der Waals surface area contributed by atoms with E-state index >= 15 is 0 Å². The van der Waals surface area contributed by atoms with E-state index in [0.717, 1.165) is 24.3 Å². The molecule has 0 heterocycles. The summed E-state index contributed by atoms with van der Waals surface area (Å²) in [6, 6.07) is 0. The van der Waals surface area contributed by atoms with Crippen LogP contribution in [0.3, 0.4) is 0 Å². The Morgan fingerprint density at radius 3 is 1.17 bits per heavy atom. The number of aliphatic hydroxyl groups excluding tert-OH is 1. The van der Waals surface area contributed by atoms with Gasteiger partial charge in [-0.15, -0.1) is 0 Å². The molecule has 0 unspecified atom stereocenters. The summed E-state index contributed by atoms with van der Waals surface area (Å²) in [5.74, 6) is 1.69. The molecule has 0 aromatic carbocycles. The zero-order valence-corrected chi connectivity index (χ0v) is 28.9. The van der Waals surface area contributed by atoms with Crippen LogP contribution in [0, 0.1) is 0 Å². The summed E-state index contributed by atoms with van der Waals surface area (Å²) in [4.78, 5) is 12.2. The average Bonchev–Trinajstić information content (AvgIpc) is 2.98. The maximum Gasteiger partial charge on any atom is 0.306 e. The Kier molecular flexibility index (Phi) is 35.8. The summed E-state index contributed by atoms with van der Waals surface area (Å²) in [5.41, 5.74) is 0. The summed E-state index contributed by atoms with van der Waals surface area (Å²) < 4.78 is 5.53. The fraction of sp³-hybridized carbons (Fsp3) is 0.973. The van der Waals surface area contributed by atoms with Gasteiger partial charge in [0.2, 0.25) is 0 Å². The van der Waals surface area contributed by atoms with Crippen molar-refractivity contribution in [3.05, 3.63) is 0 Å². The van der Waals surface area contributed by atoms with Crippen molar-refractivity contribution in [2.45, 2.75) is 213 Å². The van der Waals surface area contributed by atoms with E-state index in [2.05, 4.69) is 13.8 Å². The van der Waals surface area contributed by atoms with E-state index in [-0.39, 0.29) is 18.7 Å². The number of carbonyl (C=O) groups excluding carboxylic acids is 1. The Hall–Kier alpha value is -0.220. The van der Waals surface area contributed by atoms with Crippen LogP contribution in [0.15, 0.2) is 0 Å². The number of esters is 1. The third-order valence-corrected chi connectivity index (χ3v) is 9.62. The van der Waals surface area contributed by atoms with Gasteiger partial charge in [-0.2, -0.15) is 11.8 Å². The third kappa shape index (κ3) is 34.1. The standard InChI is InChI=1S/C37H74O3S/c1-3-5-7-9-11-13-15-17-18-19-21-23-25-27-29-31-33-41-35-36(34-38)40-37(39)32-30-28-26-24-22-20-16-14-12-10-8-6-4-2/h36,38H,3-35H2,1-2H3/t36-/m1/s1. The predicted octanol–water partition coefficient (Wildman–Crippen LogP) is 12.4. The number of thioether (sulfide) groups is 1. The molecule has 3 nitrogen and oxygen atoms in total. The Bertz CT molecular complexity index is 499. The molecule has 1 N–H and O–H groups in total. The van der Waals surface area contributed by atoms with E-state index in [9.17, 15) is 9.90 Å². The first-order valence-electron chi connectivity index (χ1n) is 18.6. The van der Waals surface area contributed by atoms with Crippen LogP contribution in [-0.4, -0.2) is 35.3 Å². The van der Waals surface area contributed by atoms with Crippen LogP contribution in [-0.2, 0) is 9.53 Å². The van der Waals surface area contributed by atoms with Crippen LogP contribution in [0.1, 0.15) is 206 Å². The summed E-state index contributed by atoms with van der Waals surface area (Å²) in [5, 5.41) is 9.61. The molecule has 0 fully saturated rings. The Balaban J connectivity index is 3.37. The van der Waals surface area contributed by atoms with Gasteiger partial charge in [0.1, 0.15) is 6.10 Å². The highest BCUT2D eigenvalue weighted by atomic mass is 32.2. The van der Waals surface area contributed by atoms with Crippen LogP contribution < -0.4 is 0 Å². The van der Waals surface area contributed by atoms with Crippen molar-refractivity contribution < 1.29 is 14.6 Å². The number of ether oxygens (including phenoxy) is 1. The molecule has 0 radical (unpaired) electrons. The second-order valence-electron chi connectivity index (χ2n) is 12.7. The van der Waals surface area contributed by atoms with Crippen molar-refractivity contribution in [3.63, 3.8) is 0 Å². The van der Waals surface area contributed by atoms with Crippen LogP contribution in [0.5, 0.6) is 0 Å². The van der Waals surface area contributed by atoms with Gasteiger partial charge in [0, 0.05) is 12.2 Å². The van der Waals surface area contributed by atoms with Crippen molar-refractivity contribution in [1.82, 2.24) is 0 Å². The summed E-state index contributed by atoms with van der Waals surface area (Å²) in [6.45, 7) is 4.51. The van der Waals surface area contributed by atoms with Gasteiger partial charge in [-0.05, 0) is 18.6 Å². The smallest absolute Gasteiger partial charge is 0.306 e. The zero-order valence-electron chi connectivity index (χ0n) is 28.1. The topological polar surface area (TPSA) is 46.5 Å². The van der Waals surface area contributed by atoms with E-state index in [1.807, 2.05) is 11.8 Å². The van der Waals surface area contributed by atoms with Crippen molar-refractivity contribution in [2.75, 3.05) is 18.1 Å². The first-order valence-corrected chi connectivity index (χ1v) is 19.8. The van der Waals surface area contributed by atoms with Crippen molar-refractivity contribution >= 4 is 17.7 Å². The number of hydrogen-bond acceptors (Lipinski definition) is 4. The fourth-order valence-electron chi connectivity index (χ4n) is 5.62. The minimum atomic E-state index is -0.337. The first kappa shape index (κ1) is 40.8. The molecule has 4 heteroatoms. The largest absolute Gasteiger partial charge is 0.459 e. The van der Waals surface area contributed by atoms with Gasteiger partial charge >= 0.3 is 5.97 Å². The minimum Gasteiger partial charge on any atom is -0.459 e. The quantitative estimate of drug-likeness (QED) is 0.0582. The number of hydrogen-bond donors (Lipinski definition) is 1. The van der Waals surface area contributed by atoms with E-state index in [1.165, 1.54) is 173 Å². The number of unbranched alkanes of at least 4 members (excludes halogenated alkanes) is 27. The highest BCUT2D eigenvalue weighted by Gasteiger charge is 2.13. The second-order valence-corrected chi connectivity index (χ2v) is 13.8. The molecule has 0 saturated carbocycles. The Morgan fingerprint density at radius 2 is 0.829 bits per heavy atom. The van der Waals surface area contributed by atoms with Gasteiger partial charge in [-0.3, -0.25) is 4.79 Å². The zero-order chi connectivity index (χ0) is 29.9. The lowest BCUT2D eigenvalue weighted by atomic mass is 10.0. The molecule has 0 rings (SSSR count). The molecule has 0 spiro atoms. The van der Waals surface area contributed by atoms with Crippen molar-refractivity contribution in [2.24, 2.45) is 0 Å². The van der Waals surface area contributed by atoms with E-state index in [1.54, 1.807) is 0 Å². The molecule has 1 atom stereocenters. The molecule has 0 amide bonds. The molecule has 41 heavy (non-hydrogen) atoms. The summed E-state index contributed by atoms with van der Waals surface area (Å²) in [7, 11) is 0. The lowest BCUT2D eigenvalue weighted by Crippen LogP contribution is -2.24. The third-order valence-electron chi connectivity index (χ3n) is 8.43. The maximum atomic E-state index is 12.2. The maximum absolute atomic E-state index is 12.2. The summed E-state index contributed by atoms with van der Waals surface area (Å²) in [6.07, 6.45) is 39.5. The molecule has 0 aromatic rings. The Morgan fingerprint density at radius 1 is 0.512 bits per heavy atom.